The van der Waals surface area contributed by atoms with Gasteiger partial charge in [0.25, 0.3) is 11.5 Å². The summed E-state index contributed by atoms with van der Waals surface area (Å²) in [7, 11) is 0. The first-order valence-corrected chi connectivity index (χ1v) is 12.8. The lowest BCUT2D eigenvalue weighted by Gasteiger charge is -2.19. The first kappa shape index (κ1) is 30.1. The Morgan fingerprint density at radius 3 is 2.19 bits per heavy atom. The zero-order valence-electron chi connectivity index (χ0n) is 21.9. The molecule has 0 aliphatic heterocycles. The average Bonchev–Trinajstić information content (AvgIpc) is 2.93. The molecule has 0 fully saturated rings. The van der Waals surface area contributed by atoms with E-state index in [0.29, 0.717) is 27.4 Å². The van der Waals surface area contributed by atoms with Crippen molar-refractivity contribution in [1.82, 2.24) is 4.57 Å². The molecule has 1 unspecified atom stereocenters. The van der Waals surface area contributed by atoms with Gasteiger partial charge in [-0.1, -0.05) is 35.9 Å². The zero-order valence-corrected chi connectivity index (χ0v) is 22.7. The highest BCUT2D eigenvalue weighted by atomic mass is 35.5. The third-order valence-corrected chi connectivity index (χ3v) is 6.50. The van der Waals surface area contributed by atoms with Gasteiger partial charge in [0, 0.05) is 41.4 Å². The monoisotopic (exact) mass is 597 g/mol. The van der Waals surface area contributed by atoms with Crippen molar-refractivity contribution in [3.05, 3.63) is 117 Å². The number of carbonyl (C=O) groups excluding carboxylic acids is 2. The fourth-order valence-corrected chi connectivity index (χ4v) is 4.34. The second-order valence-electron chi connectivity index (χ2n) is 9.33. The lowest BCUT2D eigenvalue weighted by atomic mass is 10.0. The van der Waals surface area contributed by atoms with E-state index in [1.807, 2.05) is 0 Å². The first-order chi connectivity index (χ1) is 19.8. The molecule has 0 saturated carbocycles. The molecule has 8 nitrogen and oxygen atoms in total. The molecular weight excluding hydrogens is 575 g/mol. The van der Waals surface area contributed by atoms with Crippen LogP contribution in [0.5, 0.6) is 0 Å². The van der Waals surface area contributed by atoms with E-state index in [9.17, 15) is 37.5 Å². The number of benzene rings is 3. The number of halogens is 4. The van der Waals surface area contributed by atoms with E-state index in [1.165, 1.54) is 19.2 Å². The van der Waals surface area contributed by atoms with Gasteiger partial charge < -0.3 is 15.7 Å². The molecule has 4 rings (SSSR count). The van der Waals surface area contributed by atoms with Crippen molar-refractivity contribution in [1.29, 1.82) is 0 Å². The minimum absolute atomic E-state index is 0.103. The minimum atomic E-state index is -4.60. The molecule has 0 radical (unpaired) electrons. The van der Waals surface area contributed by atoms with Crippen LogP contribution in [0.1, 0.15) is 34.5 Å². The number of nitrogens with zero attached hydrogens (tertiary/aromatic N) is 1. The van der Waals surface area contributed by atoms with Crippen molar-refractivity contribution in [3.63, 3.8) is 0 Å². The molecule has 4 aromatic rings. The number of aromatic nitrogens is 1. The maximum atomic E-state index is 13.6. The van der Waals surface area contributed by atoms with Crippen LogP contribution in [0.2, 0.25) is 5.02 Å². The van der Waals surface area contributed by atoms with Crippen molar-refractivity contribution in [2.45, 2.75) is 25.6 Å². The largest absolute Gasteiger partial charge is 0.480 e. The molecule has 1 atom stereocenters. The van der Waals surface area contributed by atoms with Crippen LogP contribution in [0.3, 0.4) is 0 Å². The van der Waals surface area contributed by atoms with Crippen LogP contribution < -0.4 is 16.2 Å². The van der Waals surface area contributed by atoms with Crippen LogP contribution in [0.15, 0.2) is 89.9 Å². The fraction of sp³-hybridized carbons (Fsp3) is 0.133. The predicted octanol–water partition coefficient (Wildman–Crippen LogP) is 6.27. The number of carboxylic acids is 1. The molecule has 1 heterocycles. The number of carboxylic acid groups (broad SMARTS) is 1. The number of anilines is 2. The second kappa shape index (κ2) is 12.3. The molecule has 1 aromatic heterocycles. The van der Waals surface area contributed by atoms with Gasteiger partial charge in [-0.15, -0.1) is 0 Å². The van der Waals surface area contributed by atoms with Gasteiger partial charge in [-0.2, -0.15) is 13.2 Å². The molecule has 0 spiro atoms. The van der Waals surface area contributed by atoms with E-state index in [1.54, 1.807) is 48.5 Å². The summed E-state index contributed by atoms with van der Waals surface area (Å²) in [6.07, 6.45) is -3.37. The Hall–Kier alpha value is -4.90. The second-order valence-corrected chi connectivity index (χ2v) is 9.77. The van der Waals surface area contributed by atoms with Gasteiger partial charge in [0.15, 0.2) is 0 Å². The van der Waals surface area contributed by atoms with Gasteiger partial charge in [0.1, 0.15) is 11.7 Å². The molecule has 3 N–H and O–H groups in total. The Morgan fingerprint density at radius 1 is 0.929 bits per heavy atom. The van der Waals surface area contributed by atoms with Crippen LogP contribution >= 0.6 is 11.6 Å². The van der Waals surface area contributed by atoms with Gasteiger partial charge in [-0.05, 0) is 65.7 Å². The molecule has 0 bridgehead atoms. The SMILES string of the molecule is CC(=O)Nc1cccc(-c2cc(NC(=O)c3ccc(C(F)(F)F)cc3)c(=O)n(C(Cc3ccc(Cl)cc3)C(=O)O)c2)c1. The van der Waals surface area contributed by atoms with E-state index in [-0.39, 0.29) is 23.6 Å². The predicted molar refractivity (Wildman–Crippen MR) is 152 cm³/mol. The molecule has 12 heteroatoms. The number of rotatable bonds is 8. The Morgan fingerprint density at radius 2 is 1.60 bits per heavy atom. The van der Waals surface area contributed by atoms with E-state index in [4.69, 9.17) is 11.6 Å². The normalized spacial score (nSPS) is 11.9. The number of alkyl halides is 3. The van der Waals surface area contributed by atoms with Crippen molar-refractivity contribution >= 4 is 40.8 Å². The molecule has 3 aromatic carbocycles. The smallest absolute Gasteiger partial charge is 0.416 e. The standard InChI is InChI=1S/C30H23ClF3N3O5/c1-17(38)35-24-4-2-3-20(14-24)21-15-25(36-27(39)19-7-9-22(10-8-19)30(32,33)34)28(40)37(16-21)26(29(41)42)13-18-5-11-23(31)12-6-18/h2-12,14-16,26H,13H2,1H3,(H,35,38)(H,36,39)(H,41,42). The molecule has 2 amide bonds. The Kier molecular flexibility index (Phi) is 8.82. The molecule has 216 valence electrons. The molecular formula is C30H23ClF3N3O5. The quantitative estimate of drug-likeness (QED) is 0.221. The Labute approximate surface area is 242 Å². The number of pyridine rings is 1. The maximum Gasteiger partial charge on any atom is 0.416 e. The van der Waals surface area contributed by atoms with E-state index in [2.05, 4.69) is 10.6 Å². The van der Waals surface area contributed by atoms with Crippen molar-refractivity contribution in [2.75, 3.05) is 10.6 Å². The first-order valence-electron chi connectivity index (χ1n) is 12.4. The van der Waals surface area contributed by atoms with E-state index >= 15 is 0 Å². The topological polar surface area (TPSA) is 118 Å². The van der Waals surface area contributed by atoms with Gasteiger partial charge in [-0.3, -0.25) is 19.0 Å². The number of amides is 2. The molecule has 42 heavy (non-hydrogen) atoms. The number of nitrogens with one attached hydrogen (secondary N) is 2. The van der Waals surface area contributed by atoms with E-state index in [0.717, 1.165) is 28.8 Å². The van der Waals surface area contributed by atoms with Gasteiger partial charge in [0.2, 0.25) is 5.91 Å². The number of aliphatic carboxylic acids is 1. The van der Waals surface area contributed by atoms with Crippen LogP contribution in [-0.2, 0) is 22.2 Å². The minimum Gasteiger partial charge on any atom is -0.480 e. The summed E-state index contributed by atoms with van der Waals surface area (Å²) < 4.78 is 39.9. The van der Waals surface area contributed by atoms with Crippen molar-refractivity contribution in [2.24, 2.45) is 0 Å². The van der Waals surface area contributed by atoms with Crippen molar-refractivity contribution in [3.8, 4) is 11.1 Å². The summed E-state index contributed by atoms with van der Waals surface area (Å²) in [6.45, 7) is 1.33. The summed E-state index contributed by atoms with van der Waals surface area (Å²) >= 11 is 5.94. The maximum absolute atomic E-state index is 13.6. The zero-order chi connectivity index (χ0) is 30.6. The summed E-state index contributed by atoms with van der Waals surface area (Å²) in [5, 5.41) is 15.6. The third kappa shape index (κ3) is 7.24. The Bertz CT molecular complexity index is 1700. The van der Waals surface area contributed by atoms with Gasteiger partial charge in [0.05, 0.1) is 5.56 Å². The highest BCUT2D eigenvalue weighted by Crippen LogP contribution is 2.30. The van der Waals surface area contributed by atoms with Gasteiger partial charge >= 0.3 is 12.1 Å². The summed E-state index contributed by atoms with van der Waals surface area (Å²) in [5.74, 6) is -2.52. The third-order valence-electron chi connectivity index (χ3n) is 6.24. The van der Waals surface area contributed by atoms with Crippen LogP contribution in [-0.4, -0.2) is 27.5 Å². The van der Waals surface area contributed by atoms with Crippen LogP contribution in [0, 0.1) is 0 Å². The lowest BCUT2D eigenvalue weighted by Crippen LogP contribution is -2.33. The number of hydrogen-bond acceptors (Lipinski definition) is 4. The molecule has 0 aliphatic rings. The van der Waals surface area contributed by atoms with Crippen molar-refractivity contribution < 1.29 is 32.7 Å². The highest BCUT2D eigenvalue weighted by molar-refractivity contribution is 6.30. The molecule has 0 aliphatic carbocycles. The van der Waals surface area contributed by atoms with Gasteiger partial charge in [-0.25, -0.2) is 4.79 Å². The van der Waals surface area contributed by atoms with E-state index < -0.39 is 35.2 Å². The average molecular weight is 598 g/mol. The molecule has 0 saturated heterocycles. The van der Waals surface area contributed by atoms with Crippen LogP contribution in [0.4, 0.5) is 24.5 Å². The fourth-order valence-electron chi connectivity index (χ4n) is 4.21. The summed E-state index contributed by atoms with van der Waals surface area (Å²) in [5.41, 5.74) is -0.432. The summed E-state index contributed by atoms with van der Waals surface area (Å²) in [4.78, 5) is 50.5. The number of carbonyl (C=O) groups is 3. The lowest BCUT2D eigenvalue weighted by molar-refractivity contribution is -0.141. The van der Waals surface area contributed by atoms with Crippen LogP contribution in [0.25, 0.3) is 11.1 Å². The highest BCUT2D eigenvalue weighted by Gasteiger charge is 2.30. The Balaban J connectivity index is 1.80. The summed E-state index contributed by atoms with van der Waals surface area (Å²) in [6, 6.07) is 16.3. The number of hydrogen-bond donors (Lipinski definition) is 3.